The molecule has 0 saturated carbocycles. The molecule has 2 aromatic carbocycles. The first-order chi connectivity index (χ1) is 12.4. The third-order valence-electron chi connectivity index (χ3n) is 3.39. The Morgan fingerprint density at radius 3 is 2.62 bits per heavy atom. The highest BCUT2D eigenvalue weighted by Gasteiger charge is 2.15. The van der Waals surface area contributed by atoms with E-state index in [0.29, 0.717) is 21.3 Å². The zero-order valence-electron chi connectivity index (χ0n) is 13.0. The van der Waals surface area contributed by atoms with Gasteiger partial charge < -0.3 is 10.1 Å². The van der Waals surface area contributed by atoms with Crippen molar-refractivity contribution in [2.75, 3.05) is 5.32 Å². The largest absolute Gasteiger partial charge is 0.433 e. The van der Waals surface area contributed by atoms with Crippen molar-refractivity contribution in [1.82, 2.24) is 10.2 Å². The van der Waals surface area contributed by atoms with Gasteiger partial charge in [0.15, 0.2) is 0 Å². The van der Waals surface area contributed by atoms with Crippen LogP contribution < -0.4 is 10.1 Å². The molecule has 0 fully saturated rings. The van der Waals surface area contributed by atoms with Crippen molar-refractivity contribution in [2.24, 2.45) is 0 Å². The molecule has 0 saturated heterocycles. The normalized spacial score (nSPS) is 10.8. The molecule has 0 atom stereocenters. The van der Waals surface area contributed by atoms with Crippen LogP contribution in [0.1, 0.15) is 10.5 Å². The standard InChI is InChI=1S/C17H11Cl2F2N3O2/c18-10-6-5-9(7-11(10)19)13-8-14(24-23-13)16(25)22-12-3-1-2-4-15(12)26-17(20)21/h1-8,17H,(H,22,25)(H,23,24). The van der Waals surface area contributed by atoms with E-state index < -0.39 is 12.5 Å². The van der Waals surface area contributed by atoms with Crippen molar-refractivity contribution in [3.63, 3.8) is 0 Å². The summed E-state index contributed by atoms with van der Waals surface area (Å²) in [6, 6.07) is 12.3. The van der Waals surface area contributed by atoms with E-state index in [9.17, 15) is 13.6 Å². The zero-order chi connectivity index (χ0) is 18.7. The number of nitrogens with zero attached hydrogens (tertiary/aromatic N) is 1. The molecule has 1 amide bonds. The van der Waals surface area contributed by atoms with E-state index >= 15 is 0 Å². The van der Waals surface area contributed by atoms with Gasteiger partial charge in [0.2, 0.25) is 0 Å². The minimum Gasteiger partial charge on any atom is -0.433 e. The van der Waals surface area contributed by atoms with Gasteiger partial charge in [0.05, 0.1) is 21.4 Å². The number of nitrogens with one attached hydrogen (secondary N) is 2. The smallest absolute Gasteiger partial charge is 0.387 e. The Morgan fingerprint density at radius 2 is 1.88 bits per heavy atom. The summed E-state index contributed by atoms with van der Waals surface area (Å²) in [6.07, 6.45) is 0. The second kappa shape index (κ2) is 7.72. The first-order valence-electron chi connectivity index (χ1n) is 7.30. The van der Waals surface area contributed by atoms with Gasteiger partial charge in [-0.15, -0.1) is 0 Å². The summed E-state index contributed by atoms with van der Waals surface area (Å²) in [5, 5.41) is 9.91. The minimum absolute atomic E-state index is 0.114. The fourth-order valence-electron chi connectivity index (χ4n) is 2.20. The zero-order valence-corrected chi connectivity index (χ0v) is 14.5. The molecule has 0 unspecified atom stereocenters. The van der Waals surface area contributed by atoms with Gasteiger partial charge in [-0.05, 0) is 30.3 Å². The van der Waals surface area contributed by atoms with Crippen LogP contribution in [-0.2, 0) is 0 Å². The van der Waals surface area contributed by atoms with Gasteiger partial charge in [0, 0.05) is 5.56 Å². The van der Waals surface area contributed by atoms with Crippen molar-refractivity contribution in [3.05, 3.63) is 64.3 Å². The van der Waals surface area contributed by atoms with Crippen LogP contribution in [0.3, 0.4) is 0 Å². The maximum absolute atomic E-state index is 12.4. The molecule has 134 valence electrons. The summed E-state index contributed by atoms with van der Waals surface area (Å²) in [6.45, 7) is -3.00. The Hall–Kier alpha value is -2.64. The van der Waals surface area contributed by atoms with Crippen molar-refractivity contribution < 1.29 is 18.3 Å². The molecule has 0 spiro atoms. The van der Waals surface area contributed by atoms with E-state index in [2.05, 4.69) is 20.3 Å². The number of para-hydroxylation sites is 2. The van der Waals surface area contributed by atoms with Gasteiger partial charge in [-0.3, -0.25) is 9.89 Å². The number of carbonyl (C=O) groups excluding carboxylic acids is 1. The van der Waals surface area contributed by atoms with Crippen molar-refractivity contribution in [2.45, 2.75) is 6.61 Å². The van der Waals surface area contributed by atoms with Gasteiger partial charge >= 0.3 is 6.61 Å². The molecule has 1 aromatic heterocycles. The second-order valence-corrected chi connectivity index (χ2v) is 5.94. The Balaban J connectivity index is 1.80. The lowest BCUT2D eigenvalue weighted by Gasteiger charge is -2.10. The molecule has 3 aromatic rings. The van der Waals surface area contributed by atoms with Crippen LogP contribution in [-0.4, -0.2) is 22.7 Å². The maximum Gasteiger partial charge on any atom is 0.387 e. The van der Waals surface area contributed by atoms with E-state index in [1.807, 2.05) is 0 Å². The van der Waals surface area contributed by atoms with Gasteiger partial charge in [-0.1, -0.05) is 41.4 Å². The Bertz CT molecular complexity index is 947. The number of anilines is 1. The number of aromatic nitrogens is 2. The SMILES string of the molecule is O=C(Nc1ccccc1OC(F)F)c1cc(-c2ccc(Cl)c(Cl)c2)n[nH]1. The van der Waals surface area contributed by atoms with Gasteiger partial charge in [-0.2, -0.15) is 13.9 Å². The van der Waals surface area contributed by atoms with E-state index in [4.69, 9.17) is 23.2 Å². The van der Waals surface area contributed by atoms with Crippen LogP contribution in [0.4, 0.5) is 14.5 Å². The second-order valence-electron chi connectivity index (χ2n) is 5.12. The van der Waals surface area contributed by atoms with E-state index in [0.717, 1.165) is 0 Å². The molecule has 3 rings (SSSR count). The van der Waals surface area contributed by atoms with Crippen LogP contribution in [0.15, 0.2) is 48.5 Å². The molecule has 9 heteroatoms. The molecule has 5 nitrogen and oxygen atoms in total. The fraction of sp³-hybridized carbons (Fsp3) is 0.0588. The number of rotatable bonds is 5. The summed E-state index contributed by atoms with van der Waals surface area (Å²) >= 11 is 11.9. The van der Waals surface area contributed by atoms with E-state index in [1.54, 1.807) is 24.3 Å². The average Bonchev–Trinajstić information content (AvgIpc) is 3.09. The molecule has 26 heavy (non-hydrogen) atoms. The topological polar surface area (TPSA) is 67.0 Å². The first-order valence-corrected chi connectivity index (χ1v) is 8.05. The predicted molar refractivity (Wildman–Crippen MR) is 95.1 cm³/mol. The molecule has 0 aliphatic carbocycles. The van der Waals surface area contributed by atoms with E-state index in [1.165, 1.54) is 24.3 Å². The molecule has 0 aliphatic rings. The van der Waals surface area contributed by atoms with Crippen molar-refractivity contribution in [3.8, 4) is 17.0 Å². The quantitative estimate of drug-likeness (QED) is 0.618. The summed E-state index contributed by atoms with van der Waals surface area (Å²) in [5.74, 6) is -0.700. The van der Waals surface area contributed by atoms with Crippen molar-refractivity contribution in [1.29, 1.82) is 0 Å². The Morgan fingerprint density at radius 1 is 1.12 bits per heavy atom. The Kier molecular flexibility index (Phi) is 5.39. The van der Waals surface area contributed by atoms with Crippen LogP contribution in [0.25, 0.3) is 11.3 Å². The lowest BCUT2D eigenvalue weighted by atomic mass is 10.1. The monoisotopic (exact) mass is 397 g/mol. The number of carbonyl (C=O) groups is 1. The lowest BCUT2D eigenvalue weighted by molar-refractivity contribution is -0.0493. The fourth-order valence-corrected chi connectivity index (χ4v) is 2.50. The average molecular weight is 398 g/mol. The minimum atomic E-state index is -3.00. The number of hydrogen-bond donors (Lipinski definition) is 2. The van der Waals surface area contributed by atoms with Gasteiger partial charge in [0.1, 0.15) is 11.4 Å². The molecular weight excluding hydrogens is 387 g/mol. The number of amides is 1. The highest BCUT2D eigenvalue weighted by Crippen LogP contribution is 2.29. The number of aromatic amines is 1. The Labute approximate surface area is 156 Å². The number of H-pyrrole nitrogens is 1. The molecule has 1 heterocycles. The first kappa shape index (κ1) is 18.2. The highest BCUT2D eigenvalue weighted by atomic mass is 35.5. The van der Waals surface area contributed by atoms with Gasteiger partial charge in [-0.25, -0.2) is 0 Å². The van der Waals surface area contributed by atoms with Crippen LogP contribution in [0.5, 0.6) is 5.75 Å². The molecular formula is C17H11Cl2F2N3O2. The van der Waals surface area contributed by atoms with Crippen LogP contribution in [0, 0.1) is 0 Å². The van der Waals surface area contributed by atoms with Gasteiger partial charge in [0.25, 0.3) is 5.91 Å². The van der Waals surface area contributed by atoms with E-state index in [-0.39, 0.29) is 17.1 Å². The molecule has 2 N–H and O–H groups in total. The number of alkyl halides is 2. The lowest BCUT2D eigenvalue weighted by Crippen LogP contribution is -2.14. The molecule has 0 bridgehead atoms. The summed E-state index contributed by atoms with van der Waals surface area (Å²) in [4.78, 5) is 12.3. The summed E-state index contributed by atoms with van der Waals surface area (Å²) in [7, 11) is 0. The number of benzene rings is 2. The predicted octanol–water partition coefficient (Wildman–Crippen LogP) is 5.24. The number of hydrogen-bond acceptors (Lipinski definition) is 3. The number of halogens is 4. The maximum atomic E-state index is 12.4. The molecule has 0 radical (unpaired) electrons. The third-order valence-corrected chi connectivity index (χ3v) is 4.13. The third kappa shape index (κ3) is 4.12. The summed E-state index contributed by atoms with van der Waals surface area (Å²) in [5.41, 5.74) is 1.39. The van der Waals surface area contributed by atoms with Crippen LogP contribution in [0.2, 0.25) is 10.0 Å². The molecule has 0 aliphatic heterocycles. The van der Waals surface area contributed by atoms with Crippen LogP contribution >= 0.6 is 23.2 Å². The van der Waals surface area contributed by atoms with Crippen molar-refractivity contribution >= 4 is 34.8 Å². The highest BCUT2D eigenvalue weighted by molar-refractivity contribution is 6.42. The number of ether oxygens (including phenoxy) is 1. The summed E-state index contributed by atoms with van der Waals surface area (Å²) < 4.78 is 29.3.